The van der Waals surface area contributed by atoms with Crippen molar-refractivity contribution in [1.29, 1.82) is 0 Å². The van der Waals surface area contributed by atoms with Crippen LogP contribution >= 0.6 is 11.6 Å². The van der Waals surface area contributed by atoms with Crippen molar-refractivity contribution in [3.05, 3.63) is 69.0 Å². The van der Waals surface area contributed by atoms with Gasteiger partial charge in [0.25, 0.3) is 11.6 Å². The maximum absolute atomic E-state index is 12.9. The molecule has 30 heavy (non-hydrogen) atoms. The molecule has 1 saturated heterocycles. The van der Waals surface area contributed by atoms with Crippen LogP contribution in [0.1, 0.15) is 23.2 Å². The van der Waals surface area contributed by atoms with E-state index < -0.39 is 10.8 Å². The number of nitro groups is 1. The fourth-order valence-corrected chi connectivity index (χ4v) is 3.43. The second kappa shape index (κ2) is 9.53. The normalized spacial score (nSPS) is 14.3. The lowest BCUT2D eigenvalue weighted by molar-refractivity contribution is -0.385. The average molecular weight is 435 g/mol. The number of nitrogens with one attached hydrogen (secondary N) is 2. The molecule has 3 amide bonds. The van der Waals surface area contributed by atoms with Crippen LogP contribution in [0, 0.1) is 21.8 Å². The summed E-state index contributed by atoms with van der Waals surface area (Å²) in [6.07, 6.45) is 1.35. The second-order valence-electron chi connectivity index (χ2n) is 7.00. The molecule has 0 aromatic heterocycles. The van der Waals surface area contributed by atoms with Crippen LogP contribution in [-0.2, 0) is 0 Å². The lowest BCUT2D eigenvalue weighted by Crippen LogP contribution is -2.43. The Labute approximate surface area is 177 Å². The average Bonchev–Trinajstić information content (AvgIpc) is 2.73. The Hall–Kier alpha value is -3.20. The molecular formula is C20H20ClFN4O4. The molecule has 1 aliphatic heterocycles. The van der Waals surface area contributed by atoms with E-state index in [-0.39, 0.29) is 34.0 Å². The molecule has 0 saturated carbocycles. The molecule has 3 rings (SSSR count). The molecule has 0 bridgehead atoms. The molecule has 1 heterocycles. The number of anilines is 1. The first-order valence-corrected chi connectivity index (χ1v) is 9.75. The predicted molar refractivity (Wildman–Crippen MR) is 110 cm³/mol. The van der Waals surface area contributed by atoms with E-state index in [0.717, 1.165) is 0 Å². The van der Waals surface area contributed by atoms with E-state index in [2.05, 4.69) is 10.6 Å². The quantitative estimate of drug-likeness (QED) is 0.546. The maximum Gasteiger partial charge on any atom is 0.321 e. The van der Waals surface area contributed by atoms with Gasteiger partial charge in [-0.15, -0.1) is 0 Å². The van der Waals surface area contributed by atoms with Crippen molar-refractivity contribution >= 4 is 34.9 Å². The minimum atomic E-state index is -0.622. The largest absolute Gasteiger partial charge is 0.352 e. The summed E-state index contributed by atoms with van der Waals surface area (Å²) in [7, 11) is 0. The molecule has 0 atom stereocenters. The molecule has 0 unspecified atom stereocenters. The Morgan fingerprint density at radius 1 is 1.17 bits per heavy atom. The number of piperidine rings is 1. The summed E-state index contributed by atoms with van der Waals surface area (Å²) in [5, 5.41) is 16.8. The zero-order valence-electron chi connectivity index (χ0n) is 15.9. The first-order chi connectivity index (χ1) is 14.3. The molecule has 10 heteroatoms. The first-order valence-electron chi connectivity index (χ1n) is 9.37. The SMILES string of the molecule is O=C(NCC1CCN(C(=O)Nc2ccc(F)cc2)CC1)c1cc(Cl)ccc1[N+](=O)[O-]. The summed E-state index contributed by atoms with van der Waals surface area (Å²) in [4.78, 5) is 36.9. The van der Waals surface area contributed by atoms with Gasteiger partial charge in [0, 0.05) is 36.4 Å². The molecule has 0 aliphatic carbocycles. The standard InChI is InChI=1S/C20H20ClFN4O4/c21-14-1-6-18(26(29)30)17(11-14)19(27)23-12-13-7-9-25(10-8-13)20(28)24-16-4-2-15(22)3-5-16/h1-6,11,13H,7-10,12H2,(H,23,27)(H,24,28). The van der Waals surface area contributed by atoms with Crippen LogP contribution in [0.5, 0.6) is 0 Å². The molecule has 2 aromatic rings. The summed E-state index contributed by atoms with van der Waals surface area (Å²) in [5.74, 6) is -0.790. The Bertz CT molecular complexity index is 946. The van der Waals surface area contributed by atoms with E-state index in [4.69, 9.17) is 11.6 Å². The molecule has 2 aromatic carbocycles. The minimum absolute atomic E-state index is 0.0800. The van der Waals surface area contributed by atoms with Crippen LogP contribution < -0.4 is 10.6 Å². The number of benzene rings is 2. The van der Waals surface area contributed by atoms with Crippen molar-refractivity contribution < 1.29 is 18.9 Å². The van der Waals surface area contributed by atoms with Gasteiger partial charge in [-0.2, -0.15) is 0 Å². The number of amides is 3. The number of likely N-dealkylation sites (tertiary alicyclic amines) is 1. The highest BCUT2D eigenvalue weighted by atomic mass is 35.5. The zero-order chi connectivity index (χ0) is 21.7. The minimum Gasteiger partial charge on any atom is -0.352 e. The van der Waals surface area contributed by atoms with Crippen molar-refractivity contribution in [3.63, 3.8) is 0 Å². The maximum atomic E-state index is 12.9. The zero-order valence-corrected chi connectivity index (χ0v) is 16.7. The number of carbonyl (C=O) groups excluding carboxylic acids is 2. The fraction of sp³-hybridized carbons (Fsp3) is 0.300. The van der Waals surface area contributed by atoms with Crippen LogP contribution in [-0.4, -0.2) is 41.4 Å². The first kappa shape index (κ1) is 21.5. The van der Waals surface area contributed by atoms with E-state index in [1.54, 1.807) is 4.90 Å². The van der Waals surface area contributed by atoms with Crippen molar-refractivity contribution in [2.45, 2.75) is 12.8 Å². The Morgan fingerprint density at radius 2 is 1.83 bits per heavy atom. The van der Waals surface area contributed by atoms with E-state index in [1.807, 2.05) is 0 Å². The number of carbonyl (C=O) groups is 2. The van der Waals surface area contributed by atoms with Crippen LogP contribution in [0.25, 0.3) is 0 Å². The number of nitro benzene ring substituents is 1. The number of hydrogen-bond donors (Lipinski definition) is 2. The van der Waals surface area contributed by atoms with Crippen molar-refractivity contribution in [2.75, 3.05) is 25.0 Å². The Kier molecular flexibility index (Phi) is 6.83. The lowest BCUT2D eigenvalue weighted by atomic mass is 9.97. The predicted octanol–water partition coefficient (Wildman–Crippen LogP) is 4.06. The third kappa shape index (κ3) is 5.44. The van der Waals surface area contributed by atoms with E-state index in [1.165, 1.54) is 42.5 Å². The molecule has 1 fully saturated rings. The lowest BCUT2D eigenvalue weighted by Gasteiger charge is -2.32. The number of halogens is 2. The molecular weight excluding hydrogens is 415 g/mol. The Balaban J connectivity index is 1.48. The van der Waals surface area contributed by atoms with Gasteiger partial charge < -0.3 is 15.5 Å². The second-order valence-corrected chi connectivity index (χ2v) is 7.43. The molecule has 158 valence electrons. The highest BCUT2D eigenvalue weighted by Gasteiger charge is 2.25. The van der Waals surface area contributed by atoms with E-state index in [0.29, 0.717) is 38.2 Å². The van der Waals surface area contributed by atoms with Gasteiger partial charge in [-0.1, -0.05) is 11.6 Å². The summed E-state index contributed by atoms with van der Waals surface area (Å²) in [6, 6.07) is 9.10. The fourth-order valence-electron chi connectivity index (χ4n) is 3.26. The summed E-state index contributed by atoms with van der Waals surface area (Å²) < 4.78 is 12.9. The van der Waals surface area contributed by atoms with Crippen molar-refractivity contribution in [2.24, 2.45) is 5.92 Å². The van der Waals surface area contributed by atoms with Crippen molar-refractivity contribution in [1.82, 2.24) is 10.2 Å². The smallest absolute Gasteiger partial charge is 0.321 e. The summed E-state index contributed by atoms with van der Waals surface area (Å²) in [5.41, 5.74) is 0.131. The van der Waals surface area contributed by atoms with Gasteiger partial charge in [-0.3, -0.25) is 14.9 Å². The van der Waals surface area contributed by atoms with Gasteiger partial charge in [-0.25, -0.2) is 9.18 Å². The van der Waals surface area contributed by atoms with Crippen LogP contribution in [0.2, 0.25) is 5.02 Å². The van der Waals surface area contributed by atoms with Crippen LogP contribution in [0.15, 0.2) is 42.5 Å². The van der Waals surface area contributed by atoms with Crippen molar-refractivity contribution in [3.8, 4) is 0 Å². The number of hydrogen-bond acceptors (Lipinski definition) is 4. The molecule has 0 radical (unpaired) electrons. The molecule has 0 spiro atoms. The van der Waals surface area contributed by atoms with Gasteiger partial charge >= 0.3 is 6.03 Å². The third-order valence-corrected chi connectivity index (χ3v) is 5.18. The van der Waals surface area contributed by atoms with Gasteiger partial charge in [0.1, 0.15) is 11.4 Å². The summed E-state index contributed by atoms with van der Waals surface area (Å²) in [6.45, 7) is 1.35. The van der Waals surface area contributed by atoms with E-state index in [9.17, 15) is 24.1 Å². The van der Waals surface area contributed by atoms with Gasteiger partial charge in [0.05, 0.1) is 4.92 Å². The molecule has 2 N–H and O–H groups in total. The molecule has 1 aliphatic rings. The van der Waals surface area contributed by atoms with Gasteiger partial charge in [0.2, 0.25) is 0 Å². The highest BCUT2D eigenvalue weighted by Crippen LogP contribution is 2.23. The number of urea groups is 1. The Morgan fingerprint density at radius 3 is 2.47 bits per heavy atom. The monoisotopic (exact) mass is 434 g/mol. The summed E-state index contributed by atoms with van der Waals surface area (Å²) >= 11 is 5.86. The third-order valence-electron chi connectivity index (χ3n) is 4.95. The number of nitrogens with zero attached hydrogens (tertiary/aromatic N) is 2. The van der Waals surface area contributed by atoms with E-state index >= 15 is 0 Å². The number of rotatable bonds is 5. The molecule has 8 nitrogen and oxygen atoms in total. The van der Waals surface area contributed by atoms with Crippen LogP contribution in [0.4, 0.5) is 20.6 Å². The van der Waals surface area contributed by atoms with Gasteiger partial charge in [-0.05, 0) is 55.2 Å². The highest BCUT2D eigenvalue weighted by molar-refractivity contribution is 6.31. The van der Waals surface area contributed by atoms with Crippen LogP contribution in [0.3, 0.4) is 0 Å². The van der Waals surface area contributed by atoms with Gasteiger partial charge in [0.15, 0.2) is 0 Å². The topological polar surface area (TPSA) is 105 Å².